The van der Waals surface area contributed by atoms with Gasteiger partial charge in [-0.05, 0) is 18.4 Å². The van der Waals surface area contributed by atoms with Crippen molar-refractivity contribution in [1.29, 1.82) is 0 Å². The highest BCUT2D eigenvalue weighted by Gasteiger charge is 2.27. The van der Waals surface area contributed by atoms with Crippen LogP contribution in [0.2, 0.25) is 0 Å². The standard InChI is InChI=1S/C11H23NO2/c1-6-12(7-8(2)3)10(9(4)5)11(13)14/h8-10H,6-7H2,1-5H3,(H,13,14). The highest BCUT2D eigenvalue weighted by molar-refractivity contribution is 5.73. The number of carboxylic acids is 1. The number of hydrogen-bond acceptors (Lipinski definition) is 2. The van der Waals surface area contributed by atoms with Crippen molar-refractivity contribution in [3.8, 4) is 0 Å². The maximum atomic E-state index is 11.1. The summed E-state index contributed by atoms with van der Waals surface area (Å²) in [6, 6.07) is -0.345. The number of rotatable bonds is 6. The highest BCUT2D eigenvalue weighted by Crippen LogP contribution is 2.13. The Hall–Kier alpha value is -0.570. The molecular weight excluding hydrogens is 178 g/mol. The fourth-order valence-corrected chi connectivity index (χ4v) is 1.77. The molecular formula is C11H23NO2. The van der Waals surface area contributed by atoms with Crippen molar-refractivity contribution in [3.63, 3.8) is 0 Å². The fourth-order valence-electron chi connectivity index (χ4n) is 1.77. The van der Waals surface area contributed by atoms with Gasteiger partial charge in [-0.3, -0.25) is 9.69 Å². The summed E-state index contributed by atoms with van der Waals surface area (Å²) in [6.07, 6.45) is 0. The summed E-state index contributed by atoms with van der Waals surface area (Å²) in [6.45, 7) is 11.8. The summed E-state index contributed by atoms with van der Waals surface area (Å²) in [5.74, 6) is -0.0377. The van der Waals surface area contributed by atoms with Crippen LogP contribution < -0.4 is 0 Å². The molecule has 0 aromatic carbocycles. The Morgan fingerprint density at radius 2 is 1.79 bits per heavy atom. The number of aliphatic carboxylic acids is 1. The predicted molar refractivity (Wildman–Crippen MR) is 58.3 cm³/mol. The minimum atomic E-state index is -0.706. The zero-order valence-corrected chi connectivity index (χ0v) is 9.95. The molecule has 0 radical (unpaired) electrons. The van der Waals surface area contributed by atoms with E-state index >= 15 is 0 Å². The van der Waals surface area contributed by atoms with Crippen LogP contribution in [0, 0.1) is 11.8 Å². The average molecular weight is 201 g/mol. The maximum Gasteiger partial charge on any atom is 0.321 e. The summed E-state index contributed by atoms with van der Waals surface area (Å²) in [5.41, 5.74) is 0. The molecule has 0 saturated carbocycles. The molecule has 3 heteroatoms. The van der Waals surface area contributed by atoms with E-state index in [-0.39, 0.29) is 12.0 Å². The van der Waals surface area contributed by atoms with Gasteiger partial charge in [-0.15, -0.1) is 0 Å². The van der Waals surface area contributed by atoms with Crippen molar-refractivity contribution in [2.45, 2.75) is 40.7 Å². The lowest BCUT2D eigenvalue weighted by Gasteiger charge is -2.31. The molecule has 1 N–H and O–H groups in total. The molecule has 0 aliphatic heterocycles. The van der Waals surface area contributed by atoms with Gasteiger partial charge in [0.05, 0.1) is 0 Å². The summed E-state index contributed by atoms with van der Waals surface area (Å²) in [7, 11) is 0. The Bertz CT molecular complexity index is 178. The van der Waals surface area contributed by atoms with Crippen LogP contribution in [0.1, 0.15) is 34.6 Å². The van der Waals surface area contributed by atoms with Crippen LogP contribution in [0.4, 0.5) is 0 Å². The molecule has 0 bridgehead atoms. The van der Waals surface area contributed by atoms with E-state index in [4.69, 9.17) is 5.11 Å². The first kappa shape index (κ1) is 13.4. The molecule has 0 aromatic rings. The van der Waals surface area contributed by atoms with Gasteiger partial charge < -0.3 is 5.11 Å². The Kier molecular flexibility index (Phi) is 5.77. The second-order valence-corrected chi connectivity index (χ2v) is 4.51. The van der Waals surface area contributed by atoms with Crippen LogP contribution >= 0.6 is 0 Å². The number of carboxylic acid groups (broad SMARTS) is 1. The van der Waals surface area contributed by atoms with Crippen LogP contribution in [0.25, 0.3) is 0 Å². The number of nitrogens with zero attached hydrogens (tertiary/aromatic N) is 1. The van der Waals surface area contributed by atoms with Gasteiger partial charge in [-0.1, -0.05) is 34.6 Å². The first-order chi connectivity index (χ1) is 6.40. The molecule has 0 spiro atoms. The topological polar surface area (TPSA) is 40.5 Å². The minimum absolute atomic E-state index is 0.159. The van der Waals surface area contributed by atoms with Gasteiger partial charge >= 0.3 is 5.97 Å². The molecule has 0 fully saturated rings. The van der Waals surface area contributed by atoms with Gasteiger partial charge in [-0.2, -0.15) is 0 Å². The van der Waals surface area contributed by atoms with Crippen molar-refractivity contribution in [2.75, 3.05) is 13.1 Å². The van der Waals surface area contributed by atoms with E-state index in [9.17, 15) is 4.79 Å². The quantitative estimate of drug-likeness (QED) is 0.715. The predicted octanol–water partition coefficient (Wildman–Crippen LogP) is 2.07. The van der Waals surface area contributed by atoms with Crippen molar-refractivity contribution >= 4 is 5.97 Å². The van der Waals surface area contributed by atoms with Crippen molar-refractivity contribution in [3.05, 3.63) is 0 Å². The largest absolute Gasteiger partial charge is 0.480 e. The molecule has 0 rings (SSSR count). The van der Waals surface area contributed by atoms with E-state index in [1.807, 2.05) is 25.7 Å². The van der Waals surface area contributed by atoms with Gasteiger partial charge in [-0.25, -0.2) is 0 Å². The molecule has 1 atom stereocenters. The maximum absolute atomic E-state index is 11.1. The van der Waals surface area contributed by atoms with E-state index in [2.05, 4.69) is 13.8 Å². The van der Waals surface area contributed by atoms with E-state index in [0.29, 0.717) is 5.92 Å². The van der Waals surface area contributed by atoms with Crippen LogP contribution in [0.15, 0.2) is 0 Å². The third-order valence-corrected chi connectivity index (χ3v) is 2.28. The summed E-state index contributed by atoms with van der Waals surface area (Å²) in [5, 5.41) is 9.12. The third kappa shape index (κ3) is 4.09. The summed E-state index contributed by atoms with van der Waals surface area (Å²) < 4.78 is 0. The first-order valence-corrected chi connectivity index (χ1v) is 5.37. The molecule has 1 unspecified atom stereocenters. The average Bonchev–Trinajstić information content (AvgIpc) is 2.00. The van der Waals surface area contributed by atoms with Gasteiger partial charge in [0.25, 0.3) is 0 Å². The van der Waals surface area contributed by atoms with E-state index in [0.717, 1.165) is 13.1 Å². The molecule has 0 amide bonds. The first-order valence-electron chi connectivity index (χ1n) is 5.37. The lowest BCUT2D eigenvalue weighted by molar-refractivity contribution is -0.145. The molecule has 0 aliphatic rings. The number of hydrogen-bond donors (Lipinski definition) is 1. The lowest BCUT2D eigenvalue weighted by Crippen LogP contribution is -2.46. The summed E-state index contributed by atoms with van der Waals surface area (Å²) >= 11 is 0. The SMILES string of the molecule is CCN(CC(C)C)C(C(=O)O)C(C)C. The van der Waals surface area contributed by atoms with Crippen molar-refractivity contribution in [1.82, 2.24) is 4.90 Å². The molecule has 0 heterocycles. The Morgan fingerprint density at radius 1 is 1.29 bits per heavy atom. The second kappa shape index (κ2) is 6.02. The normalized spacial score (nSPS) is 14.0. The fraction of sp³-hybridized carbons (Fsp3) is 0.909. The Morgan fingerprint density at radius 3 is 2.00 bits per heavy atom. The van der Waals surface area contributed by atoms with Crippen molar-refractivity contribution in [2.24, 2.45) is 11.8 Å². The second-order valence-electron chi connectivity index (χ2n) is 4.51. The van der Waals surface area contributed by atoms with Crippen LogP contribution in [-0.2, 0) is 4.79 Å². The molecule has 0 aromatic heterocycles. The van der Waals surface area contributed by atoms with E-state index in [1.165, 1.54) is 0 Å². The van der Waals surface area contributed by atoms with E-state index in [1.54, 1.807) is 0 Å². The van der Waals surface area contributed by atoms with Crippen LogP contribution in [-0.4, -0.2) is 35.1 Å². The smallest absolute Gasteiger partial charge is 0.321 e. The van der Waals surface area contributed by atoms with Crippen molar-refractivity contribution < 1.29 is 9.90 Å². The lowest BCUT2D eigenvalue weighted by atomic mass is 10.0. The molecule has 84 valence electrons. The van der Waals surface area contributed by atoms with Crippen LogP contribution in [0.3, 0.4) is 0 Å². The van der Waals surface area contributed by atoms with E-state index < -0.39 is 5.97 Å². The number of carbonyl (C=O) groups is 1. The zero-order valence-electron chi connectivity index (χ0n) is 9.95. The number of likely N-dealkylation sites (N-methyl/N-ethyl adjacent to an activating group) is 1. The van der Waals surface area contributed by atoms with Gasteiger partial charge in [0.15, 0.2) is 0 Å². The highest BCUT2D eigenvalue weighted by atomic mass is 16.4. The monoisotopic (exact) mass is 201 g/mol. The molecule has 3 nitrogen and oxygen atoms in total. The van der Waals surface area contributed by atoms with Gasteiger partial charge in [0.1, 0.15) is 6.04 Å². The van der Waals surface area contributed by atoms with Crippen LogP contribution in [0.5, 0.6) is 0 Å². The molecule has 0 aliphatic carbocycles. The van der Waals surface area contributed by atoms with Gasteiger partial charge in [0.2, 0.25) is 0 Å². The molecule has 0 saturated heterocycles. The van der Waals surface area contributed by atoms with Gasteiger partial charge in [0, 0.05) is 6.54 Å². The zero-order chi connectivity index (χ0) is 11.3. The minimum Gasteiger partial charge on any atom is -0.480 e. The Labute approximate surface area is 87.1 Å². The Balaban J connectivity index is 4.50. The third-order valence-electron chi connectivity index (χ3n) is 2.28. The summed E-state index contributed by atoms with van der Waals surface area (Å²) in [4.78, 5) is 13.1. The molecule has 14 heavy (non-hydrogen) atoms.